The summed E-state index contributed by atoms with van der Waals surface area (Å²) in [6.45, 7) is 2.52. The van der Waals surface area contributed by atoms with Crippen LogP contribution in [-0.2, 0) is 6.54 Å². The van der Waals surface area contributed by atoms with E-state index in [1.54, 1.807) is 24.6 Å². The van der Waals surface area contributed by atoms with Gasteiger partial charge in [-0.1, -0.05) is 0 Å². The first-order valence-corrected chi connectivity index (χ1v) is 8.39. The Morgan fingerprint density at radius 1 is 1.24 bits per heavy atom. The van der Waals surface area contributed by atoms with Crippen LogP contribution >= 0.6 is 0 Å². The number of anilines is 1. The number of hydrogen-bond acceptors (Lipinski definition) is 8. The normalized spacial score (nSPS) is 18.0. The average Bonchev–Trinajstić information content (AvgIpc) is 3.34. The van der Waals surface area contributed by atoms with Crippen LogP contribution in [0, 0.1) is 0 Å². The molecule has 3 aromatic heterocycles. The van der Waals surface area contributed by atoms with Gasteiger partial charge in [-0.05, 0) is 44.2 Å². The Morgan fingerprint density at radius 3 is 3.00 bits per heavy atom. The van der Waals surface area contributed by atoms with E-state index in [-0.39, 0.29) is 0 Å². The lowest BCUT2D eigenvalue weighted by molar-refractivity contribution is 0.190. The topological polar surface area (TPSA) is 84.3 Å². The Bertz CT molecular complexity index is 789. The first-order chi connectivity index (χ1) is 12.3. The summed E-state index contributed by atoms with van der Waals surface area (Å²) in [6.07, 6.45) is 5.54. The quantitative estimate of drug-likeness (QED) is 0.699. The summed E-state index contributed by atoms with van der Waals surface area (Å²) in [6, 6.07) is 7.93. The van der Waals surface area contributed by atoms with Crippen molar-refractivity contribution in [3.8, 4) is 11.7 Å². The molecule has 1 aliphatic rings. The molecule has 25 heavy (non-hydrogen) atoms. The van der Waals surface area contributed by atoms with E-state index < -0.39 is 0 Å². The number of rotatable bonds is 5. The summed E-state index contributed by atoms with van der Waals surface area (Å²) in [4.78, 5) is 4.53. The molecule has 8 nitrogen and oxygen atoms in total. The third kappa shape index (κ3) is 3.53. The van der Waals surface area contributed by atoms with Gasteiger partial charge >= 0.3 is 0 Å². The fourth-order valence-corrected chi connectivity index (χ4v) is 3.14. The molecule has 8 heteroatoms. The second-order valence-corrected chi connectivity index (χ2v) is 6.22. The largest absolute Gasteiger partial charge is 0.459 e. The molecule has 0 radical (unpaired) electrons. The van der Waals surface area contributed by atoms with Gasteiger partial charge in [-0.15, -0.1) is 15.3 Å². The molecule has 0 aromatic carbocycles. The highest BCUT2D eigenvalue weighted by molar-refractivity contribution is 5.42. The molecule has 0 spiro atoms. The number of hydrogen-bond donors (Lipinski definition) is 0. The van der Waals surface area contributed by atoms with E-state index in [4.69, 9.17) is 8.83 Å². The Labute approximate surface area is 145 Å². The molecule has 0 bridgehead atoms. The third-order valence-corrected chi connectivity index (χ3v) is 4.49. The monoisotopic (exact) mass is 340 g/mol. The molecule has 4 heterocycles. The summed E-state index contributed by atoms with van der Waals surface area (Å²) in [5, 5.41) is 16.4. The molecule has 130 valence electrons. The van der Waals surface area contributed by atoms with Crippen LogP contribution in [0.15, 0.2) is 45.6 Å². The molecular formula is C17H20N6O2. The van der Waals surface area contributed by atoms with Crippen molar-refractivity contribution in [3.05, 3.63) is 42.6 Å². The van der Waals surface area contributed by atoms with Crippen molar-refractivity contribution in [2.75, 3.05) is 25.0 Å². The summed E-state index contributed by atoms with van der Waals surface area (Å²) < 4.78 is 11.0. The molecule has 1 saturated heterocycles. The second-order valence-electron chi connectivity index (χ2n) is 6.22. The van der Waals surface area contributed by atoms with Crippen molar-refractivity contribution in [3.63, 3.8) is 0 Å². The second kappa shape index (κ2) is 7.02. The highest BCUT2D eigenvalue weighted by Crippen LogP contribution is 2.22. The number of piperidine rings is 1. The maximum Gasteiger partial charge on any atom is 0.283 e. The van der Waals surface area contributed by atoms with Crippen molar-refractivity contribution in [1.29, 1.82) is 0 Å². The van der Waals surface area contributed by atoms with Crippen LogP contribution in [0.3, 0.4) is 0 Å². The standard InChI is InChI=1S/C17H20N6O2/c1-22(12-16-20-21-17(25-16)14-6-4-10-24-14)13-5-3-9-23(11-13)15-7-2-8-18-19-15/h2,4,6-8,10,13H,3,5,9,11-12H2,1H3/t13-/m1/s1. The molecule has 0 N–H and O–H groups in total. The zero-order chi connectivity index (χ0) is 17.1. The van der Waals surface area contributed by atoms with Crippen LogP contribution in [0.1, 0.15) is 18.7 Å². The van der Waals surface area contributed by atoms with Crippen molar-refractivity contribution in [2.45, 2.75) is 25.4 Å². The molecule has 0 saturated carbocycles. The Hall–Kier alpha value is -2.74. The molecule has 0 aliphatic carbocycles. The van der Waals surface area contributed by atoms with Gasteiger partial charge in [-0.2, -0.15) is 5.10 Å². The van der Waals surface area contributed by atoms with E-state index in [2.05, 4.69) is 37.2 Å². The molecule has 4 rings (SSSR count). The summed E-state index contributed by atoms with van der Waals surface area (Å²) in [7, 11) is 2.08. The third-order valence-electron chi connectivity index (χ3n) is 4.49. The highest BCUT2D eigenvalue weighted by Gasteiger charge is 2.25. The fraction of sp³-hybridized carbons (Fsp3) is 0.412. The summed E-state index contributed by atoms with van der Waals surface area (Å²) in [5.74, 6) is 2.52. The van der Waals surface area contributed by atoms with Gasteiger partial charge in [-0.3, -0.25) is 4.90 Å². The Kier molecular flexibility index (Phi) is 4.43. The fourth-order valence-electron chi connectivity index (χ4n) is 3.14. The van der Waals surface area contributed by atoms with Crippen LogP contribution in [0.5, 0.6) is 0 Å². The first-order valence-electron chi connectivity index (χ1n) is 8.39. The summed E-state index contributed by atoms with van der Waals surface area (Å²) >= 11 is 0. The van der Waals surface area contributed by atoms with E-state index in [1.807, 2.05) is 12.1 Å². The SMILES string of the molecule is CN(Cc1nnc(-c2ccco2)o1)[C@@H]1CCCN(c2cccnn2)C1. The van der Waals surface area contributed by atoms with Gasteiger partial charge in [0, 0.05) is 25.3 Å². The minimum atomic E-state index is 0.398. The first kappa shape index (κ1) is 15.8. The van der Waals surface area contributed by atoms with E-state index in [9.17, 15) is 0 Å². The summed E-state index contributed by atoms with van der Waals surface area (Å²) in [5.41, 5.74) is 0. The van der Waals surface area contributed by atoms with Crippen LogP contribution in [0.2, 0.25) is 0 Å². The van der Waals surface area contributed by atoms with E-state index in [0.29, 0.717) is 30.1 Å². The molecule has 1 fully saturated rings. The minimum absolute atomic E-state index is 0.398. The van der Waals surface area contributed by atoms with Gasteiger partial charge in [0.05, 0.1) is 12.8 Å². The molecule has 1 aliphatic heterocycles. The zero-order valence-corrected chi connectivity index (χ0v) is 14.1. The van der Waals surface area contributed by atoms with Gasteiger partial charge in [0.25, 0.3) is 5.89 Å². The number of aromatic nitrogens is 4. The number of likely N-dealkylation sites (N-methyl/N-ethyl adjacent to an activating group) is 1. The number of furan rings is 1. The van der Waals surface area contributed by atoms with Crippen molar-refractivity contribution < 1.29 is 8.83 Å². The van der Waals surface area contributed by atoms with Gasteiger partial charge < -0.3 is 13.7 Å². The van der Waals surface area contributed by atoms with Gasteiger partial charge in [0.2, 0.25) is 5.89 Å². The lowest BCUT2D eigenvalue weighted by Gasteiger charge is -2.37. The minimum Gasteiger partial charge on any atom is -0.459 e. The molecular weight excluding hydrogens is 320 g/mol. The smallest absolute Gasteiger partial charge is 0.283 e. The van der Waals surface area contributed by atoms with Crippen LogP contribution < -0.4 is 4.90 Å². The van der Waals surface area contributed by atoms with E-state index in [1.165, 1.54) is 0 Å². The van der Waals surface area contributed by atoms with Crippen molar-refractivity contribution in [1.82, 2.24) is 25.3 Å². The van der Waals surface area contributed by atoms with Gasteiger partial charge in [-0.25, -0.2) is 0 Å². The lowest BCUT2D eigenvalue weighted by atomic mass is 10.0. The highest BCUT2D eigenvalue weighted by atomic mass is 16.4. The van der Waals surface area contributed by atoms with Crippen LogP contribution in [0.25, 0.3) is 11.7 Å². The predicted octanol–water partition coefficient (Wildman–Crippen LogP) is 2.22. The zero-order valence-electron chi connectivity index (χ0n) is 14.1. The predicted molar refractivity (Wildman–Crippen MR) is 90.7 cm³/mol. The average molecular weight is 340 g/mol. The molecule has 3 aromatic rings. The maximum atomic E-state index is 5.71. The van der Waals surface area contributed by atoms with E-state index in [0.717, 1.165) is 31.7 Å². The van der Waals surface area contributed by atoms with E-state index >= 15 is 0 Å². The van der Waals surface area contributed by atoms with Crippen LogP contribution in [0.4, 0.5) is 5.82 Å². The lowest BCUT2D eigenvalue weighted by Crippen LogP contribution is -2.46. The molecule has 1 atom stereocenters. The van der Waals surface area contributed by atoms with Gasteiger partial charge in [0.15, 0.2) is 11.6 Å². The maximum absolute atomic E-state index is 5.71. The Balaban J connectivity index is 1.40. The molecule has 0 amide bonds. The van der Waals surface area contributed by atoms with Crippen LogP contribution in [-0.4, -0.2) is 51.5 Å². The van der Waals surface area contributed by atoms with Crippen molar-refractivity contribution in [2.24, 2.45) is 0 Å². The Morgan fingerprint density at radius 2 is 2.20 bits per heavy atom. The van der Waals surface area contributed by atoms with Gasteiger partial charge in [0.1, 0.15) is 0 Å². The molecule has 0 unspecified atom stereocenters. The number of nitrogens with zero attached hydrogens (tertiary/aromatic N) is 6. The van der Waals surface area contributed by atoms with Crippen molar-refractivity contribution >= 4 is 5.82 Å².